The second kappa shape index (κ2) is 14.1. The van der Waals surface area contributed by atoms with Crippen LogP contribution in [0.1, 0.15) is 38.8 Å². The van der Waals surface area contributed by atoms with Crippen LogP contribution in [0.15, 0.2) is 36.5 Å². The second-order valence-electron chi connectivity index (χ2n) is 7.78. The fourth-order valence-corrected chi connectivity index (χ4v) is 3.66. The summed E-state index contributed by atoms with van der Waals surface area (Å²) < 4.78 is 7.41. The highest BCUT2D eigenvalue weighted by Gasteiger charge is 2.22. The highest BCUT2D eigenvalue weighted by atomic mass is 35.5. The van der Waals surface area contributed by atoms with Crippen LogP contribution in [0.4, 0.5) is 10.5 Å². The first kappa shape index (κ1) is 27.0. The Morgan fingerprint density at radius 2 is 1.82 bits per heavy atom. The SMILES string of the molecule is CCCCN(Cc1cccn1C)C(=O)CN(CCCOCC)C(=O)Nc1cccc(Cl)c1Cl. The van der Waals surface area contributed by atoms with Gasteiger partial charge in [0.2, 0.25) is 5.91 Å². The van der Waals surface area contributed by atoms with E-state index in [4.69, 9.17) is 27.9 Å². The van der Waals surface area contributed by atoms with Crippen molar-refractivity contribution >= 4 is 40.8 Å². The normalized spacial score (nSPS) is 10.8. The van der Waals surface area contributed by atoms with Crippen LogP contribution in [0.5, 0.6) is 0 Å². The van der Waals surface area contributed by atoms with E-state index in [1.807, 2.05) is 41.8 Å². The number of unbranched alkanes of at least 4 members (excludes halogenated alkanes) is 1. The van der Waals surface area contributed by atoms with Crippen LogP contribution in [0.25, 0.3) is 0 Å². The van der Waals surface area contributed by atoms with Gasteiger partial charge in [-0.3, -0.25) is 4.79 Å². The quantitative estimate of drug-likeness (QED) is 0.376. The molecular formula is C24H34Cl2N4O3. The van der Waals surface area contributed by atoms with Gasteiger partial charge in [-0.2, -0.15) is 0 Å². The van der Waals surface area contributed by atoms with E-state index >= 15 is 0 Å². The number of halogens is 2. The second-order valence-corrected chi connectivity index (χ2v) is 8.57. The number of ether oxygens (including phenoxy) is 1. The topological polar surface area (TPSA) is 66.8 Å². The van der Waals surface area contributed by atoms with Crippen molar-refractivity contribution in [2.45, 2.75) is 39.7 Å². The van der Waals surface area contributed by atoms with E-state index in [9.17, 15) is 9.59 Å². The number of aryl methyl sites for hydroxylation is 1. The van der Waals surface area contributed by atoms with E-state index in [1.165, 1.54) is 4.90 Å². The van der Waals surface area contributed by atoms with Crippen molar-refractivity contribution in [3.05, 3.63) is 52.3 Å². The van der Waals surface area contributed by atoms with Crippen LogP contribution in [-0.2, 0) is 23.1 Å². The highest BCUT2D eigenvalue weighted by Crippen LogP contribution is 2.29. The molecule has 0 saturated carbocycles. The van der Waals surface area contributed by atoms with Crippen molar-refractivity contribution in [1.82, 2.24) is 14.4 Å². The molecule has 0 aliphatic rings. The summed E-state index contributed by atoms with van der Waals surface area (Å²) in [5.74, 6) is -0.103. The third-order valence-corrected chi connectivity index (χ3v) is 6.08. The number of rotatable bonds is 13. The van der Waals surface area contributed by atoms with Crippen molar-refractivity contribution in [2.75, 3.05) is 38.2 Å². The zero-order valence-electron chi connectivity index (χ0n) is 19.7. The van der Waals surface area contributed by atoms with Gasteiger partial charge in [0.25, 0.3) is 0 Å². The molecule has 9 heteroatoms. The minimum Gasteiger partial charge on any atom is -0.382 e. The molecule has 0 saturated heterocycles. The van der Waals surface area contributed by atoms with Crippen molar-refractivity contribution in [1.29, 1.82) is 0 Å². The van der Waals surface area contributed by atoms with Crippen molar-refractivity contribution in [3.8, 4) is 0 Å². The number of aromatic nitrogens is 1. The van der Waals surface area contributed by atoms with E-state index in [0.717, 1.165) is 18.5 Å². The maximum Gasteiger partial charge on any atom is 0.322 e. The predicted molar refractivity (Wildman–Crippen MR) is 134 cm³/mol. The van der Waals surface area contributed by atoms with Crippen LogP contribution < -0.4 is 5.32 Å². The van der Waals surface area contributed by atoms with Gasteiger partial charge in [0.15, 0.2) is 0 Å². The minimum atomic E-state index is -0.404. The molecule has 1 aromatic carbocycles. The molecule has 0 radical (unpaired) electrons. The molecule has 1 heterocycles. The average molecular weight is 497 g/mol. The third kappa shape index (κ3) is 8.57. The Bertz CT molecular complexity index is 904. The molecule has 2 rings (SSSR count). The number of amides is 3. The Hall–Kier alpha value is -2.22. The number of urea groups is 1. The van der Waals surface area contributed by atoms with E-state index in [-0.39, 0.29) is 17.5 Å². The molecule has 0 atom stereocenters. The number of benzene rings is 1. The van der Waals surface area contributed by atoms with Gasteiger partial charge in [0, 0.05) is 45.2 Å². The van der Waals surface area contributed by atoms with Gasteiger partial charge >= 0.3 is 6.03 Å². The highest BCUT2D eigenvalue weighted by molar-refractivity contribution is 6.43. The van der Waals surface area contributed by atoms with E-state index in [0.29, 0.717) is 50.0 Å². The molecule has 0 aliphatic carbocycles. The lowest BCUT2D eigenvalue weighted by Crippen LogP contribution is -2.45. The smallest absolute Gasteiger partial charge is 0.322 e. The molecule has 7 nitrogen and oxygen atoms in total. The van der Waals surface area contributed by atoms with Gasteiger partial charge in [-0.1, -0.05) is 42.6 Å². The lowest BCUT2D eigenvalue weighted by Gasteiger charge is -2.28. The van der Waals surface area contributed by atoms with Crippen LogP contribution in [-0.4, -0.2) is 59.2 Å². The largest absolute Gasteiger partial charge is 0.382 e. The first-order chi connectivity index (χ1) is 15.9. The van der Waals surface area contributed by atoms with Crippen LogP contribution in [0.3, 0.4) is 0 Å². The monoisotopic (exact) mass is 496 g/mol. The zero-order valence-corrected chi connectivity index (χ0v) is 21.2. The number of nitrogens with zero attached hydrogens (tertiary/aromatic N) is 3. The molecule has 182 valence electrons. The molecule has 1 N–H and O–H groups in total. The third-order valence-electron chi connectivity index (χ3n) is 5.27. The molecule has 0 bridgehead atoms. The van der Waals surface area contributed by atoms with Gasteiger partial charge in [0.05, 0.1) is 22.3 Å². The molecule has 0 unspecified atom stereocenters. The van der Waals surface area contributed by atoms with Crippen molar-refractivity contribution < 1.29 is 14.3 Å². The summed E-state index contributed by atoms with van der Waals surface area (Å²) >= 11 is 12.3. The van der Waals surface area contributed by atoms with E-state index < -0.39 is 6.03 Å². The lowest BCUT2D eigenvalue weighted by molar-refractivity contribution is -0.132. The molecule has 3 amide bonds. The van der Waals surface area contributed by atoms with Gasteiger partial charge in [0.1, 0.15) is 6.54 Å². The van der Waals surface area contributed by atoms with Gasteiger partial charge in [-0.25, -0.2) is 4.79 Å². The average Bonchev–Trinajstić information content (AvgIpc) is 3.20. The Morgan fingerprint density at radius 1 is 1.06 bits per heavy atom. The van der Waals surface area contributed by atoms with Gasteiger partial charge < -0.3 is 24.4 Å². The van der Waals surface area contributed by atoms with E-state index in [2.05, 4.69) is 12.2 Å². The minimum absolute atomic E-state index is 0.0374. The Balaban J connectivity index is 2.14. The van der Waals surface area contributed by atoms with Crippen molar-refractivity contribution in [2.24, 2.45) is 7.05 Å². The summed E-state index contributed by atoms with van der Waals surface area (Å²) in [5.41, 5.74) is 1.44. The molecule has 0 aliphatic heterocycles. The van der Waals surface area contributed by atoms with E-state index in [1.54, 1.807) is 18.2 Å². The van der Waals surface area contributed by atoms with Gasteiger partial charge in [-0.05, 0) is 44.0 Å². The number of carbonyl (C=O) groups is 2. The van der Waals surface area contributed by atoms with Crippen LogP contribution in [0.2, 0.25) is 10.0 Å². The Labute approximate surface area is 206 Å². The number of carbonyl (C=O) groups excluding carboxylic acids is 2. The summed E-state index contributed by atoms with van der Waals surface area (Å²) in [4.78, 5) is 29.7. The standard InChI is InChI=1S/C24H34Cl2N4O3/c1-4-6-14-29(17-19-10-8-13-28(19)3)22(31)18-30(15-9-16-33-5-2)24(32)27-21-12-7-11-20(25)23(21)26/h7-8,10-13H,4-6,9,14-18H2,1-3H3,(H,27,32). The van der Waals surface area contributed by atoms with Crippen molar-refractivity contribution in [3.63, 3.8) is 0 Å². The molecule has 1 aromatic heterocycles. The molecule has 2 aromatic rings. The van der Waals surface area contributed by atoms with Gasteiger partial charge in [-0.15, -0.1) is 0 Å². The Kier molecular flexibility index (Phi) is 11.6. The number of hydrogen-bond donors (Lipinski definition) is 1. The fourth-order valence-electron chi connectivity index (χ4n) is 3.31. The molecule has 33 heavy (non-hydrogen) atoms. The van der Waals surface area contributed by atoms with Crippen LogP contribution in [0, 0.1) is 0 Å². The number of hydrogen-bond acceptors (Lipinski definition) is 3. The number of anilines is 1. The fraction of sp³-hybridized carbons (Fsp3) is 0.500. The Morgan fingerprint density at radius 3 is 2.48 bits per heavy atom. The summed E-state index contributed by atoms with van der Waals surface area (Å²) in [7, 11) is 1.96. The molecule has 0 fully saturated rings. The molecule has 0 spiro atoms. The summed E-state index contributed by atoms with van der Waals surface area (Å²) in [6.45, 7) is 6.59. The zero-order chi connectivity index (χ0) is 24.2. The lowest BCUT2D eigenvalue weighted by atomic mass is 10.2. The van der Waals surface area contributed by atoms with Crippen LogP contribution >= 0.6 is 23.2 Å². The predicted octanol–water partition coefficient (Wildman–Crippen LogP) is 5.42. The molecular weight excluding hydrogens is 463 g/mol. The first-order valence-corrected chi connectivity index (χ1v) is 12.1. The maximum atomic E-state index is 13.3. The number of nitrogens with one attached hydrogen (secondary N) is 1. The summed E-state index contributed by atoms with van der Waals surface area (Å²) in [6.07, 6.45) is 4.44. The summed E-state index contributed by atoms with van der Waals surface area (Å²) in [6, 6.07) is 8.59. The first-order valence-electron chi connectivity index (χ1n) is 11.3. The summed E-state index contributed by atoms with van der Waals surface area (Å²) in [5, 5.41) is 3.40. The maximum absolute atomic E-state index is 13.3.